The lowest BCUT2D eigenvalue weighted by molar-refractivity contribution is 0.674. The van der Waals surface area contributed by atoms with Gasteiger partial charge in [0.05, 0.1) is 6.04 Å². The third kappa shape index (κ3) is 7.14. The second-order valence-corrected chi connectivity index (χ2v) is 6.92. The molecule has 144 valence electrons. The van der Waals surface area contributed by atoms with E-state index in [1.54, 1.807) is 0 Å². The first-order valence-electron chi connectivity index (χ1n) is 8.55. The number of aromatic nitrogens is 3. The summed E-state index contributed by atoms with van der Waals surface area (Å²) in [4.78, 5) is 4.70. The number of rotatable bonds is 8. The first-order valence-corrected chi connectivity index (χ1v) is 9.94. The van der Waals surface area contributed by atoms with Crippen LogP contribution < -0.4 is 10.6 Å². The quantitative estimate of drug-likeness (QED) is 0.259. The Bertz CT molecular complexity index is 674. The number of hydrogen-bond acceptors (Lipinski definition) is 4. The summed E-state index contributed by atoms with van der Waals surface area (Å²) in [6.07, 6.45) is 3.23. The smallest absolute Gasteiger partial charge is 0.192 e. The molecule has 6 nitrogen and oxygen atoms in total. The number of nitrogens with one attached hydrogen (secondary N) is 2. The van der Waals surface area contributed by atoms with Gasteiger partial charge in [0.2, 0.25) is 0 Å². The number of aliphatic imine (C=N–C) groups is 1. The molecule has 0 amide bonds. The van der Waals surface area contributed by atoms with Crippen molar-refractivity contribution in [3.05, 3.63) is 47.5 Å². The molecule has 1 unspecified atom stereocenters. The summed E-state index contributed by atoms with van der Waals surface area (Å²) in [7, 11) is 1.96. The number of nitrogens with zero attached hydrogens (tertiary/aromatic N) is 4. The van der Waals surface area contributed by atoms with Gasteiger partial charge in [-0.25, -0.2) is 4.99 Å². The third-order valence-corrected chi connectivity index (χ3v) is 4.73. The summed E-state index contributed by atoms with van der Waals surface area (Å²) in [5.74, 6) is 3.69. The molecule has 8 heteroatoms. The number of benzene rings is 1. The molecule has 2 aromatic rings. The highest BCUT2D eigenvalue weighted by atomic mass is 127. The minimum absolute atomic E-state index is 0. The fourth-order valence-electron chi connectivity index (χ4n) is 2.34. The molecule has 0 saturated carbocycles. The molecule has 0 fully saturated rings. The van der Waals surface area contributed by atoms with Crippen LogP contribution in [0.25, 0.3) is 0 Å². The van der Waals surface area contributed by atoms with Gasteiger partial charge in [0, 0.05) is 13.6 Å². The van der Waals surface area contributed by atoms with E-state index in [4.69, 9.17) is 4.99 Å². The predicted molar refractivity (Wildman–Crippen MR) is 121 cm³/mol. The standard InChI is InChI=1S/C18H28N6S.HI/c1-14(16-9-6-5-7-10-16)21-18(19-11-8-12-25-4)20-13-17-23-22-15(2)24(17)3;/h5-7,9-10,14H,8,11-13H2,1-4H3,(H2,19,20,21);1H. The van der Waals surface area contributed by atoms with Gasteiger partial charge in [0.15, 0.2) is 11.8 Å². The lowest BCUT2D eigenvalue weighted by atomic mass is 10.1. The van der Waals surface area contributed by atoms with Gasteiger partial charge in [-0.3, -0.25) is 0 Å². The fraction of sp³-hybridized carbons (Fsp3) is 0.500. The molecule has 0 bridgehead atoms. The van der Waals surface area contributed by atoms with Crippen molar-refractivity contribution in [3.63, 3.8) is 0 Å². The van der Waals surface area contributed by atoms with E-state index in [2.05, 4.69) is 58.3 Å². The highest BCUT2D eigenvalue weighted by molar-refractivity contribution is 14.0. The van der Waals surface area contributed by atoms with Crippen LogP contribution in [0.2, 0.25) is 0 Å². The Labute approximate surface area is 177 Å². The van der Waals surface area contributed by atoms with E-state index < -0.39 is 0 Å². The molecule has 0 radical (unpaired) electrons. The van der Waals surface area contributed by atoms with Crippen LogP contribution in [0.5, 0.6) is 0 Å². The molecule has 0 aliphatic rings. The fourth-order valence-corrected chi connectivity index (χ4v) is 2.78. The van der Waals surface area contributed by atoms with Crippen molar-refractivity contribution in [3.8, 4) is 0 Å². The largest absolute Gasteiger partial charge is 0.356 e. The van der Waals surface area contributed by atoms with E-state index in [1.165, 1.54) is 5.56 Å². The predicted octanol–water partition coefficient (Wildman–Crippen LogP) is 3.29. The topological polar surface area (TPSA) is 67.1 Å². The number of thioether (sulfide) groups is 1. The van der Waals surface area contributed by atoms with Crippen LogP contribution in [0, 0.1) is 6.92 Å². The highest BCUT2D eigenvalue weighted by Crippen LogP contribution is 2.11. The zero-order valence-corrected chi connectivity index (χ0v) is 19.0. The first kappa shape index (κ1) is 22.8. The molecule has 1 aromatic carbocycles. The average Bonchev–Trinajstić information content (AvgIpc) is 2.95. The molecular formula is C18H29IN6S. The molecule has 1 aromatic heterocycles. The van der Waals surface area contributed by atoms with Crippen LogP contribution in [0.15, 0.2) is 35.3 Å². The third-order valence-electron chi connectivity index (χ3n) is 4.03. The second-order valence-electron chi connectivity index (χ2n) is 5.94. The summed E-state index contributed by atoms with van der Waals surface area (Å²) in [6.45, 7) is 5.47. The van der Waals surface area contributed by atoms with E-state index in [0.29, 0.717) is 6.54 Å². The Morgan fingerprint density at radius 2 is 2.00 bits per heavy atom. The van der Waals surface area contributed by atoms with Crippen molar-refractivity contribution >= 4 is 41.7 Å². The van der Waals surface area contributed by atoms with E-state index in [0.717, 1.165) is 36.3 Å². The van der Waals surface area contributed by atoms with Gasteiger partial charge in [-0.1, -0.05) is 30.3 Å². The summed E-state index contributed by atoms with van der Waals surface area (Å²) in [5.41, 5.74) is 1.23. The van der Waals surface area contributed by atoms with Crippen molar-refractivity contribution in [2.24, 2.45) is 12.0 Å². The lowest BCUT2D eigenvalue weighted by Crippen LogP contribution is -2.39. The normalized spacial score (nSPS) is 12.4. The van der Waals surface area contributed by atoms with Gasteiger partial charge in [0.1, 0.15) is 12.4 Å². The molecular weight excluding hydrogens is 459 g/mol. The maximum absolute atomic E-state index is 4.70. The Morgan fingerprint density at radius 3 is 2.62 bits per heavy atom. The highest BCUT2D eigenvalue weighted by Gasteiger charge is 2.09. The molecule has 0 saturated heterocycles. The van der Waals surface area contributed by atoms with Gasteiger partial charge in [-0.2, -0.15) is 11.8 Å². The Kier molecular flexibility index (Phi) is 10.6. The molecule has 0 spiro atoms. The van der Waals surface area contributed by atoms with E-state index in [1.807, 2.05) is 36.4 Å². The van der Waals surface area contributed by atoms with Crippen LogP contribution >= 0.6 is 35.7 Å². The van der Waals surface area contributed by atoms with E-state index >= 15 is 0 Å². The number of hydrogen-bond donors (Lipinski definition) is 2. The van der Waals surface area contributed by atoms with Crippen molar-refractivity contribution in [1.29, 1.82) is 0 Å². The van der Waals surface area contributed by atoms with Crippen LogP contribution in [0.3, 0.4) is 0 Å². The monoisotopic (exact) mass is 488 g/mol. The van der Waals surface area contributed by atoms with Crippen LogP contribution in [0.1, 0.15) is 36.6 Å². The molecule has 2 N–H and O–H groups in total. The lowest BCUT2D eigenvalue weighted by Gasteiger charge is -2.18. The van der Waals surface area contributed by atoms with Crippen molar-refractivity contribution < 1.29 is 0 Å². The van der Waals surface area contributed by atoms with E-state index in [9.17, 15) is 0 Å². The van der Waals surface area contributed by atoms with Gasteiger partial charge in [-0.15, -0.1) is 34.2 Å². The SMILES string of the molecule is CSCCCNC(=NCc1nnc(C)n1C)NC(C)c1ccccc1.I. The molecule has 26 heavy (non-hydrogen) atoms. The zero-order valence-electron chi connectivity index (χ0n) is 15.9. The van der Waals surface area contributed by atoms with Gasteiger partial charge in [0.25, 0.3) is 0 Å². The van der Waals surface area contributed by atoms with Gasteiger partial charge in [-0.05, 0) is 37.8 Å². The molecule has 1 heterocycles. The average molecular weight is 488 g/mol. The molecule has 2 rings (SSSR count). The van der Waals surface area contributed by atoms with Crippen LogP contribution in [-0.4, -0.2) is 39.3 Å². The summed E-state index contributed by atoms with van der Waals surface area (Å²) in [6, 6.07) is 10.6. The molecule has 1 atom stereocenters. The number of guanidine groups is 1. The minimum atomic E-state index is 0. The summed E-state index contributed by atoms with van der Waals surface area (Å²) < 4.78 is 1.97. The van der Waals surface area contributed by atoms with Crippen molar-refractivity contribution in [2.45, 2.75) is 32.9 Å². The molecule has 0 aliphatic carbocycles. The summed E-state index contributed by atoms with van der Waals surface area (Å²) in [5, 5.41) is 15.2. The van der Waals surface area contributed by atoms with Gasteiger partial charge < -0.3 is 15.2 Å². The maximum Gasteiger partial charge on any atom is 0.192 e. The van der Waals surface area contributed by atoms with Crippen molar-refractivity contribution in [1.82, 2.24) is 25.4 Å². The Hall–Kier alpha value is -1.29. The Morgan fingerprint density at radius 1 is 1.27 bits per heavy atom. The first-order chi connectivity index (χ1) is 12.1. The zero-order chi connectivity index (χ0) is 18.1. The van der Waals surface area contributed by atoms with Crippen LogP contribution in [-0.2, 0) is 13.6 Å². The van der Waals surface area contributed by atoms with Crippen LogP contribution in [0.4, 0.5) is 0 Å². The number of halogens is 1. The minimum Gasteiger partial charge on any atom is -0.356 e. The molecule has 0 aliphatic heterocycles. The maximum atomic E-state index is 4.70. The Balaban J connectivity index is 0.00000338. The second kappa shape index (κ2) is 12.2. The van der Waals surface area contributed by atoms with Gasteiger partial charge >= 0.3 is 0 Å². The van der Waals surface area contributed by atoms with E-state index in [-0.39, 0.29) is 30.0 Å². The number of aryl methyl sites for hydroxylation is 1. The summed E-state index contributed by atoms with van der Waals surface area (Å²) >= 11 is 1.86. The van der Waals surface area contributed by atoms with Crippen molar-refractivity contribution in [2.75, 3.05) is 18.6 Å².